The molecular weight excluding hydrogens is 472 g/mol. The molecule has 0 saturated heterocycles. The largest absolute Gasteiger partial charge is 0.237 e. The van der Waals surface area contributed by atoms with Gasteiger partial charge in [0.05, 0.1) is 0 Å². The number of nitrogens with zero attached hydrogens (tertiary/aromatic N) is 2. The highest BCUT2D eigenvalue weighted by Crippen LogP contribution is 2.54. The summed E-state index contributed by atoms with van der Waals surface area (Å²) in [6.45, 7) is 4.73. The molecule has 0 atom stereocenters. The summed E-state index contributed by atoms with van der Waals surface area (Å²) in [6, 6.07) is 39.7. The van der Waals surface area contributed by atoms with Crippen LogP contribution in [0.4, 0.5) is 0 Å². The first-order valence-corrected chi connectivity index (χ1v) is 13.5. The molecule has 8 rings (SSSR count). The molecule has 0 spiro atoms. The highest BCUT2D eigenvalue weighted by molar-refractivity contribution is 6.24. The molecule has 7 aromatic rings. The van der Waals surface area contributed by atoms with E-state index in [4.69, 9.17) is 0 Å². The first-order chi connectivity index (χ1) is 19.1. The van der Waals surface area contributed by atoms with Gasteiger partial charge in [0.2, 0.25) is 0 Å². The monoisotopic (exact) mass is 498 g/mol. The van der Waals surface area contributed by atoms with Crippen molar-refractivity contribution in [3.8, 4) is 33.6 Å². The van der Waals surface area contributed by atoms with Gasteiger partial charge in [-0.3, -0.25) is 0 Å². The maximum atomic E-state index is 4.68. The Morgan fingerprint density at radius 1 is 0.436 bits per heavy atom. The quantitative estimate of drug-likeness (QED) is 0.222. The van der Waals surface area contributed by atoms with E-state index < -0.39 is 0 Å². The molecule has 0 saturated carbocycles. The van der Waals surface area contributed by atoms with Crippen LogP contribution in [0.2, 0.25) is 0 Å². The lowest BCUT2D eigenvalue weighted by atomic mass is 9.79. The topological polar surface area (TPSA) is 25.8 Å². The zero-order valence-corrected chi connectivity index (χ0v) is 21.9. The fraction of sp³-hybridized carbons (Fsp3) is 0.0811. The number of hydrogen-bond donors (Lipinski definition) is 0. The van der Waals surface area contributed by atoms with E-state index in [-0.39, 0.29) is 5.41 Å². The van der Waals surface area contributed by atoms with Crippen LogP contribution in [0, 0.1) is 0 Å². The normalized spacial score (nSPS) is 13.6. The Bertz CT molecular complexity index is 2030. The van der Waals surface area contributed by atoms with Gasteiger partial charge in [0.15, 0.2) is 5.82 Å². The highest BCUT2D eigenvalue weighted by atomic mass is 14.9. The molecule has 2 nitrogen and oxygen atoms in total. The van der Waals surface area contributed by atoms with Crippen LogP contribution in [0.1, 0.15) is 25.0 Å². The summed E-state index contributed by atoms with van der Waals surface area (Å²) in [4.78, 5) is 9.36. The van der Waals surface area contributed by atoms with Gasteiger partial charge in [-0.05, 0) is 77.8 Å². The predicted octanol–water partition coefficient (Wildman–Crippen LogP) is 9.58. The van der Waals surface area contributed by atoms with Crippen molar-refractivity contribution in [3.05, 3.63) is 133 Å². The number of fused-ring (bicyclic) bond motifs is 7. The molecule has 1 aromatic heterocycles. The lowest BCUT2D eigenvalue weighted by molar-refractivity contribution is 0.661. The predicted molar refractivity (Wildman–Crippen MR) is 163 cm³/mol. The molecule has 0 fully saturated rings. The van der Waals surface area contributed by atoms with Crippen molar-refractivity contribution in [1.29, 1.82) is 0 Å². The van der Waals surface area contributed by atoms with Crippen molar-refractivity contribution in [2.24, 2.45) is 0 Å². The second-order valence-corrected chi connectivity index (χ2v) is 11.0. The number of hydrogen-bond acceptors (Lipinski definition) is 2. The van der Waals surface area contributed by atoms with Crippen LogP contribution >= 0.6 is 0 Å². The summed E-state index contributed by atoms with van der Waals surface area (Å²) in [5.41, 5.74) is 9.06. The first kappa shape index (κ1) is 22.2. The minimum Gasteiger partial charge on any atom is -0.237 e. The van der Waals surface area contributed by atoms with E-state index in [9.17, 15) is 0 Å². The van der Waals surface area contributed by atoms with Crippen LogP contribution < -0.4 is 0 Å². The van der Waals surface area contributed by atoms with Crippen molar-refractivity contribution in [3.63, 3.8) is 0 Å². The molecule has 184 valence electrons. The number of benzene rings is 6. The SMILES string of the molecule is CC1(C)c2ccccc2-c2c1cc(-c1c3ccccc3c(-c3ncccn3)c3ccccc13)c1ccccc21. The molecule has 1 aliphatic rings. The van der Waals surface area contributed by atoms with Gasteiger partial charge in [-0.2, -0.15) is 0 Å². The van der Waals surface area contributed by atoms with Gasteiger partial charge in [0, 0.05) is 23.4 Å². The summed E-state index contributed by atoms with van der Waals surface area (Å²) in [6.07, 6.45) is 3.65. The maximum Gasteiger partial charge on any atom is 0.160 e. The fourth-order valence-electron chi connectivity index (χ4n) is 6.84. The molecule has 0 aliphatic heterocycles. The van der Waals surface area contributed by atoms with Crippen molar-refractivity contribution < 1.29 is 0 Å². The second kappa shape index (κ2) is 8.09. The van der Waals surface area contributed by atoms with E-state index in [2.05, 4.69) is 127 Å². The molecule has 0 N–H and O–H groups in total. The summed E-state index contributed by atoms with van der Waals surface area (Å²) in [5, 5.41) is 7.37. The Kier molecular flexibility index (Phi) is 4.60. The van der Waals surface area contributed by atoms with Gasteiger partial charge in [-0.25, -0.2) is 9.97 Å². The summed E-state index contributed by atoms with van der Waals surface area (Å²) < 4.78 is 0. The Balaban J connectivity index is 1.57. The van der Waals surface area contributed by atoms with Crippen LogP contribution in [-0.4, -0.2) is 9.97 Å². The van der Waals surface area contributed by atoms with Gasteiger partial charge in [-0.15, -0.1) is 0 Å². The zero-order chi connectivity index (χ0) is 26.1. The van der Waals surface area contributed by atoms with E-state index in [0.29, 0.717) is 0 Å². The van der Waals surface area contributed by atoms with E-state index >= 15 is 0 Å². The third kappa shape index (κ3) is 3.03. The molecule has 6 aromatic carbocycles. The van der Waals surface area contributed by atoms with Crippen molar-refractivity contribution in [2.75, 3.05) is 0 Å². The van der Waals surface area contributed by atoms with Gasteiger partial charge in [0.1, 0.15) is 0 Å². The Morgan fingerprint density at radius 2 is 0.923 bits per heavy atom. The van der Waals surface area contributed by atoms with E-state index in [1.54, 1.807) is 0 Å². The maximum absolute atomic E-state index is 4.68. The molecule has 0 amide bonds. The van der Waals surface area contributed by atoms with E-state index in [1.165, 1.54) is 65.7 Å². The number of aromatic nitrogens is 2. The standard InChI is InChI=1S/C37H26N2/c1-37(2)31-19-10-9-18-29(31)34-24-13-4-3-12-23(24)30(22-32(34)37)33-25-14-5-7-16-27(25)35(36-38-20-11-21-39-36)28-17-8-6-15-26(28)33/h3-22H,1-2H3. The molecular formula is C37H26N2. The molecule has 2 heteroatoms. The summed E-state index contributed by atoms with van der Waals surface area (Å²) >= 11 is 0. The lowest BCUT2D eigenvalue weighted by Gasteiger charge is -2.24. The van der Waals surface area contributed by atoms with Crippen LogP contribution in [0.5, 0.6) is 0 Å². The smallest absolute Gasteiger partial charge is 0.160 e. The fourth-order valence-corrected chi connectivity index (χ4v) is 6.84. The third-order valence-corrected chi connectivity index (χ3v) is 8.58. The van der Waals surface area contributed by atoms with Crippen molar-refractivity contribution >= 4 is 32.3 Å². The molecule has 1 aliphatic carbocycles. The number of rotatable bonds is 2. The van der Waals surface area contributed by atoms with E-state index in [1.807, 2.05) is 18.5 Å². The average Bonchev–Trinajstić information content (AvgIpc) is 3.22. The third-order valence-electron chi connectivity index (χ3n) is 8.58. The van der Waals surface area contributed by atoms with Crippen LogP contribution in [0.3, 0.4) is 0 Å². The molecule has 0 unspecified atom stereocenters. The van der Waals surface area contributed by atoms with Crippen LogP contribution in [0.25, 0.3) is 66.0 Å². The Morgan fingerprint density at radius 3 is 1.54 bits per heavy atom. The van der Waals surface area contributed by atoms with Gasteiger partial charge in [-0.1, -0.05) is 111 Å². The average molecular weight is 499 g/mol. The van der Waals surface area contributed by atoms with Crippen molar-refractivity contribution in [2.45, 2.75) is 19.3 Å². The van der Waals surface area contributed by atoms with Gasteiger partial charge in [0.25, 0.3) is 0 Å². The first-order valence-electron chi connectivity index (χ1n) is 13.5. The van der Waals surface area contributed by atoms with Crippen LogP contribution in [0.15, 0.2) is 122 Å². The lowest BCUT2D eigenvalue weighted by Crippen LogP contribution is -2.15. The van der Waals surface area contributed by atoms with E-state index in [0.717, 1.165) is 11.4 Å². The van der Waals surface area contributed by atoms with Gasteiger partial charge < -0.3 is 0 Å². The highest BCUT2D eigenvalue weighted by Gasteiger charge is 2.37. The Labute approximate surface area is 227 Å². The molecule has 39 heavy (non-hydrogen) atoms. The minimum absolute atomic E-state index is 0.0892. The second-order valence-electron chi connectivity index (χ2n) is 11.0. The minimum atomic E-state index is -0.0892. The van der Waals surface area contributed by atoms with Crippen LogP contribution in [-0.2, 0) is 5.41 Å². The zero-order valence-electron chi connectivity index (χ0n) is 21.9. The molecule has 0 bridgehead atoms. The molecule has 1 heterocycles. The summed E-state index contributed by atoms with van der Waals surface area (Å²) in [7, 11) is 0. The molecule has 0 radical (unpaired) electrons. The van der Waals surface area contributed by atoms with Crippen molar-refractivity contribution in [1.82, 2.24) is 9.97 Å². The Hall–Kier alpha value is -4.82. The summed E-state index contributed by atoms with van der Waals surface area (Å²) in [5.74, 6) is 0.756. The van der Waals surface area contributed by atoms with Gasteiger partial charge >= 0.3 is 0 Å².